The molecule has 1 aromatic carbocycles. The molecule has 0 amide bonds. The van der Waals surface area contributed by atoms with Crippen LogP contribution in [-0.2, 0) is 6.42 Å². The van der Waals surface area contributed by atoms with Crippen LogP contribution in [0.2, 0.25) is 0 Å². The van der Waals surface area contributed by atoms with E-state index >= 15 is 0 Å². The van der Waals surface area contributed by atoms with Gasteiger partial charge < -0.3 is 20.4 Å². The Morgan fingerprint density at radius 3 is 2.26 bits per heavy atom. The SMILES string of the molecule is CC(C)=CCC[C@](C)(O)[C@@H](O)CCC(C)=CCCC(C)=CCc1cc(O)cc(C)c1O. The molecule has 1 aromatic rings. The van der Waals surface area contributed by atoms with Crippen LogP contribution in [0, 0.1) is 6.92 Å². The first-order valence-corrected chi connectivity index (χ1v) is 11.3. The fourth-order valence-electron chi connectivity index (χ4n) is 3.52. The summed E-state index contributed by atoms with van der Waals surface area (Å²) in [4.78, 5) is 0. The molecule has 31 heavy (non-hydrogen) atoms. The van der Waals surface area contributed by atoms with Gasteiger partial charge in [-0.15, -0.1) is 0 Å². The average molecular weight is 431 g/mol. The molecule has 0 aliphatic carbocycles. The quantitative estimate of drug-likeness (QED) is 0.233. The summed E-state index contributed by atoms with van der Waals surface area (Å²) in [5.74, 6) is 0.418. The van der Waals surface area contributed by atoms with E-state index < -0.39 is 11.7 Å². The van der Waals surface area contributed by atoms with E-state index in [9.17, 15) is 20.4 Å². The highest BCUT2D eigenvalue weighted by molar-refractivity contribution is 5.46. The van der Waals surface area contributed by atoms with Gasteiger partial charge in [-0.05, 0) is 104 Å². The molecule has 4 N–H and O–H groups in total. The van der Waals surface area contributed by atoms with Crippen molar-refractivity contribution in [3.8, 4) is 11.5 Å². The number of aryl methyl sites for hydroxylation is 1. The zero-order valence-electron chi connectivity index (χ0n) is 20.2. The molecule has 0 aliphatic heterocycles. The maximum absolute atomic E-state index is 10.5. The Labute approximate surface area is 188 Å². The Hall–Kier alpha value is -2.04. The molecule has 0 radical (unpaired) electrons. The van der Waals surface area contributed by atoms with Crippen LogP contribution < -0.4 is 0 Å². The molecule has 0 fully saturated rings. The van der Waals surface area contributed by atoms with Crippen molar-refractivity contribution in [2.24, 2.45) is 0 Å². The van der Waals surface area contributed by atoms with Crippen molar-refractivity contribution in [1.29, 1.82) is 0 Å². The standard InChI is InChI=1S/C27H42O4/c1-19(2)9-8-16-27(6,31)25(29)15-13-21(4)11-7-10-20(3)12-14-23-18-24(28)17-22(5)26(23)30/h9,11-12,17-18,25,28-31H,7-8,10,13-16H2,1-6H3/t25-,27-/m0/s1. The number of rotatable bonds is 12. The third-order valence-electron chi connectivity index (χ3n) is 5.80. The van der Waals surface area contributed by atoms with Gasteiger partial charge in [0, 0.05) is 5.56 Å². The van der Waals surface area contributed by atoms with Crippen LogP contribution in [0.15, 0.2) is 47.1 Å². The molecule has 0 unspecified atom stereocenters. The number of hydrogen-bond donors (Lipinski definition) is 4. The number of aliphatic hydroxyl groups is 2. The van der Waals surface area contributed by atoms with Crippen molar-refractivity contribution in [2.45, 2.75) is 98.2 Å². The van der Waals surface area contributed by atoms with E-state index in [1.54, 1.807) is 26.0 Å². The van der Waals surface area contributed by atoms with E-state index in [4.69, 9.17) is 0 Å². The maximum atomic E-state index is 10.5. The van der Waals surface area contributed by atoms with Crippen LogP contribution in [-0.4, -0.2) is 32.1 Å². The molecule has 2 atom stereocenters. The Kier molecular flexibility index (Phi) is 11.1. The van der Waals surface area contributed by atoms with E-state index in [0.29, 0.717) is 24.8 Å². The van der Waals surface area contributed by atoms with Gasteiger partial charge in [-0.25, -0.2) is 0 Å². The normalized spacial score (nSPS) is 15.5. The zero-order valence-corrected chi connectivity index (χ0v) is 20.2. The summed E-state index contributed by atoms with van der Waals surface area (Å²) in [5, 5.41) is 40.8. The van der Waals surface area contributed by atoms with Gasteiger partial charge in [-0.2, -0.15) is 0 Å². The zero-order chi connectivity index (χ0) is 23.6. The molecule has 1 rings (SSSR count). The van der Waals surface area contributed by atoms with Gasteiger partial charge in [0.05, 0.1) is 11.7 Å². The van der Waals surface area contributed by atoms with Gasteiger partial charge >= 0.3 is 0 Å². The monoisotopic (exact) mass is 430 g/mol. The fourth-order valence-corrected chi connectivity index (χ4v) is 3.52. The summed E-state index contributed by atoms with van der Waals surface area (Å²) in [5.41, 5.74) is 4.01. The second-order valence-corrected chi connectivity index (χ2v) is 9.35. The Bertz CT molecular complexity index is 796. The molecular weight excluding hydrogens is 388 g/mol. The Balaban J connectivity index is 2.46. The second kappa shape index (κ2) is 12.7. The van der Waals surface area contributed by atoms with Gasteiger partial charge in [-0.3, -0.25) is 0 Å². The van der Waals surface area contributed by atoms with E-state index in [0.717, 1.165) is 31.2 Å². The van der Waals surface area contributed by atoms with Crippen LogP contribution in [0.4, 0.5) is 0 Å². The van der Waals surface area contributed by atoms with Crippen LogP contribution >= 0.6 is 0 Å². The lowest BCUT2D eigenvalue weighted by atomic mass is 9.89. The fraction of sp³-hybridized carbons (Fsp3) is 0.556. The molecule has 4 heteroatoms. The third-order valence-corrected chi connectivity index (χ3v) is 5.80. The first-order valence-electron chi connectivity index (χ1n) is 11.3. The molecule has 0 saturated carbocycles. The topological polar surface area (TPSA) is 80.9 Å². The summed E-state index contributed by atoms with van der Waals surface area (Å²) in [6.45, 7) is 11.7. The van der Waals surface area contributed by atoms with E-state index in [2.05, 4.69) is 32.1 Å². The molecule has 0 aliphatic rings. The maximum Gasteiger partial charge on any atom is 0.122 e. The van der Waals surface area contributed by atoms with Crippen LogP contribution in [0.3, 0.4) is 0 Å². The molecular formula is C27H42O4. The van der Waals surface area contributed by atoms with Gasteiger partial charge in [0.15, 0.2) is 0 Å². The Morgan fingerprint density at radius 1 is 0.968 bits per heavy atom. The second-order valence-electron chi connectivity index (χ2n) is 9.35. The highest BCUT2D eigenvalue weighted by atomic mass is 16.3. The minimum Gasteiger partial charge on any atom is -0.508 e. The lowest BCUT2D eigenvalue weighted by molar-refractivity contribution is -0.0691. The Morgan fingerprint density at radius 2 is 1.61 bits per heavy atom. The molecule has 0 aromatic heterocycles. The first-order chi connectivity index (χ1) is 14.4. The van der Waals surface area contributed by atoms with E-state index in [-0.39, 0.29) is 11.5 Å². The number of benzene rings is 1. The number of aromatic hydroxyl groups is 2. The van der Waals surface area contributed by atoms with Crippen molar-refractivity contribution in [1.82, 2.24) is 0 Å². The molecule has 0 saturated heterocycles. The van der Waals surface area contributed by atoms with E-state index in [1.807, 2.05) is 13.8 Å². The lowest BCUT2D eigenvalue weighted by Crippen LogP contribution is -2.39. The predicted molar refractivity (Wildman–Crippen MR) is 129 cm³/mol. The number of aliphatic hydroxyl groups excluding tert-OH is 1. The van der Waals surface area contributed by atoms with Gasteiger partial charge in [0.25, 0.3) is 0 Å². The largest absolute Gasteiger partial charge is 0.508 e. The number of phenolic OH excluding ortho intramolecular Hbond substituents is 2. The third kappa shape index (κ3) is 10.2. The first kappa shape index (κ1) is 27.0. The molecule has 0 spiro atoms. The smallest absolute Gasteiger partial charge is 0.122 e. The van der Waals surface area contributed by atoms with Crippen LogP contribution in [0.1, 0.15) is 84.3 Å². The highest BCUT2D eigenvalue weighted by Gasteiger charge is 2.28. The minimum absolute atomic E-state index is 0.174. The van der Waals surface area contributed by atoms with Crippen molar-refractivity contribution in [2.75, 3.05) is 0 Å². The van der Waals surface area contributed by atoms with Gasteiger partial charge in [0.1, 0.15) is 11.5 Å². The summed E-state index contributed by atoms with van der Waals surface area (Å²) >= 11 is 0. The molecule has 4 nitrogen and oxygen atoms in total. The van der Waals surface area contributed by atoms with Crippen molar-refractivity contribution in [3.05, 3.63) is 58.2 Å². The summed E-state index contributed by atoms with van der Waals surface area (Å²) in [7, 11) is 0. The van der Waals surface area contributed by atoms with Crippen molar-refractivity contribution in [3.63, 3.8) is 0 Å². The lowest BCUT2D eigenvalue weighted by Gasteiger charge is -2.29. The van der Waals surface area contributed by atoms with Crippen molar-refractivity contribution < 1.29 is 20.4 Å². The number of phenols is 2. The van der Waals surface area contributed by atoms with Crippen LogP contribution in [0.5, 0.6) is 11.5 Å². The minimum atomic E-state index is -1.07. The summed E-state index contributed by atoms with van der Waals surface area (Å²) in [6, 6.07) is 3.17. The number of allylic oxidation sites excluding steroid dienone is 6. The molecule has 174 valence electrons. The van der Waals surface area contributed by atoms with E-state index in [1.165, 1.54) is 16.7 Å². The highest BCUT2D eigenvalue weighted by Crippen LogP contribution is 2.28. The molecule has 0 bridgehead atoms. The van der Waals surface area contributed by atoms with Crippen molar-refractivity contribution >= 4 is 0 Å². The van der Waals surface area contributed by atoms with Gasteiger partial charge in [-0.1, -0.05) is 34.9 Å². The predicted octanol–water partition coefficient (Wildman–Crippen LogP) is 6.26. The summed E-state index contributed by atoms with van der Waals surface area (Å²) in [6.07, 6.45) is 10.7. The van der Waals surface area contributed by atoms with Crippen LogP contribution in [0.25, 0.3) is 0 Å². The average Bonchev–Trinajstić information content (AvgIpc) is 2.67. The summed E-state index contributed by atoms with van der Waals surface area (Å²) < 4.78 is 0. The molecule has 0 heterocycles. The van der Waals surface area contributed by atoms with Gasteiger partial charge in [0.2, 0.25) is 0 Å². The number of hydrogen-bond acceptors (Lipinski definition) is 4.